The molecular formula is C14H9FN4O2. The summed E-state index contributed by atoms with van der Waals surface area (Å²) in [5.74, 6) is -0.800. The molecule has 0 spiro atoms. The van der Waals surface area contributed by atoms with Crippen molar-refractivity contribution in [3.05, 3.63) is 69.8 Å². The quantitative estimate of drug-likeness (QED) is 0.529. The number of benzene rings is 1. The highest BCUT2D eigenvalue weighted by Crippen LogP contribution is 2.25. The van der Waals surface area contributed by atoms with Gasteiger partial charge in [-0.25, -0.2) is 4.39 Å². The van der Waals surface area contributed by atoms with Crippen LogP contribution in [-0.4, -0.2) is 9.91 Å². The van der Waals surface area contributed by atoms with Gasteiger partial charge in [0.15, 0.2) is 0 Å². The van der Waals surface area contributed by atoms with E-state index in [1.807, 2.05) is 6.07 Å². The van der Waals surface area contributed by atoms with Gasteiger partial charge in [0.05, 0.1) is 22.3 Å². The predicted octanol–water partition coefficient (Wildman–Crippen LogP) is 2.48. The molecule has 2 aromatic rings. The average Bonchev–Trinajstić information content (AvgIpc) is 2.48. The third-order valence-electron chi connectivity index (χ3n) is 2.74. The van der Waals surface area contributed by atoms with Gasteiger partial charge in [-0.1, -0.05) is 6.07 Å². The van der Waals surface area contributed by atoms with Gasteiger partial charge < -0.3 is 5.73 Å². The summed E-state index contributed by atoms with van der Waals surface area (Å²) >= 11 is 0. The van der Waals surface area contributed by atoms with Crippen molar-refractivity contribution in [3.8, 4) is 6.07 Å². The Morgan fingerprint density at radius 2 is 2.14 bits per heavy atom. The molecule has 2 rings (SSSR count). The van der Waals surface area contributed by atoms with Gasteiger partial charge in [-0.05, 0) is 12.1 Å². The minimum atomic E-state index is -0.800. The zero-order valence-electron chi connectivity index (χ0n) is 10.7. The van der Waals surface area contributed by atoms with Crippen LogP contribution in [0.5, 0.6) is 0 Å². The van der Waals surface area contributed by atoms with Crippen molar-refractivity contribution in [2.45, 2.75) is 0 Å². The Bertz CT molecular complexity index is 766. The number of nitriles is 1. The van der Waals surface area contributed by atoms with Crippen LogP contribution in [0, 0.1) is 27.3 Å². The Balaban J connectivity index is 2.61. The summed E-state index contributed by atoms with van der Waals surface area (Å²) in [5, 5.41) is 20.0. The Morgan fingerprint density at radius 3 is 2.71 bits per heavy atom. The summed E-state index contributed by atoms with van der Waals surface area (Å²) in [6.45, 7) is 0. The van der Waals surface area contributed by atoms with Gasteiger partial charge in [0.2, 0.25) is 0 Å². The van der Waals surface area contributed by atoms with E-state index in [2.05, 4.69) is 4.98 Å². The lowest BCUT2D eigenvalue weighted by Crippen LogP contribution is -2.02. The first-order valence-electron chi connectivity index (χ1n) is 5.78. The molecule has 0 amide bonds. The van der Waals surface area contributed by atoms with Crippen LogP contribution in [0.25, 0.3) is 11.3 Å². The maximum Gasteiger partial charge on any atom is 0.273 e. The molecule has 6 nitrogen and oxygen atoms in total. The number of non-ortho nitro benzene ring substituents is 1. The van der Waals surface area contributed by atoms with Crippen molar-refractivity contribution < 1.29 is 9.31 Å². The van der Waals surface area contributed by atoms with Crippen molar-refractivity contribution in [3.63, 3.8) is 0 Å². The van der Waals surface area contributed by atoms with Gasteiger partial charge >= 0.3 is 0 Å². The molecular weight excluding hydrogens is 275 g/mol. The lowest BCUT2D eigenvalue weighted by atomic mass is 10.0. The molecule has 0 unspecified atom stereocenters. The van der Waals surface area contributed by atoms with Gasteiger partial charge in [0.1, 0.15) is 11.9 Å². The van der Waals surface area contributed by atoms with E-state index < -0.39 is 16.4 Å². The van der Waals surface area contributed by atoms with E-state index in [0.717, 1.165) is 18.2 Å². The van der Waals surface area contributed by atoms with E-state index in [-0.39, 0.29) is 16.8 Å². The number of halogens is 1. The van der Waals surface area contributed by atoms with Gasteiger partial charge in [-0.2, -0.15) is 5.26 Å². The van der Waals surface area contributed by atoms with E-state index in [4.69, 9.17) is 5.73 Å². The van der Waals surface area contributed by atoms with Crippen molar-refractivity contribution in [1.29, 1.82) is 5.26 Å². The Labute approximate surface area is 119 Å². The highest BCUT2D eigenvalue weighted by Gasteiger charge is 2.14. The lowest BCUT2D eigenvalue weighted by molar-refractivity contribution is -0.385. The van der Waals surface area contributed by atoms with Crippen molar-refractivity contribution in [1.82, 2.24) is 4.98 Å². The number of rotatable bonds is 3. The topological polar surface area (TPSA) is 106 Å². The molecule has 0 atom stereocenters. The fraction of sp³-hybridized carbons (Fsp3) is 0. The summed E-state index contributed by atoms with van der Waals surface area (Å²) in [4.78, 5) is 13.9. The standard InChI is InChI=1S/C14H9FN4O2/c15-11-4-10(5-12(6-11)19(20)21)14(17)13(7-16)9-2-1-3-18-8-9/h1-6,8H,17H2/b14-13-. The molecule has 0 aliphatic rings. The molecule has 0 aliphatic carbocycles. The number of hydrogen-bond donors (Lipinski definition) is 1. The number of allylic oxidation sites excluding steroid dienone is 1. The number of aromatic nitrogens is 1. The van der Waals surface area contributed by atoms with E-state index in [0.29, 0.717) is 5.56 Å². The van der Waals surface area contributed by atoms with Gasteiger partial charge in [-0.3, -0.25) is 15.1 Å². The first-order chi connectivity index (χ1) is 10.0. The zero-order valence-corrected chi connectivity index (χ0v) is 10.7. The molecule has 0 saturated carbocycles. The molecule has 104 valence electrons. The summed E-state index contributed by atoms with van der Waals surface area (Å²) in [7, 11) is 0. The van der Waals surface area contributed by atoms with Crippen LogP contribution in [0.4, 0.5) is 10.1 Å². The van der Waals surface area contributed by atoms with Crippen molar-refractivity contribution in [2.75, 3.05) is 0 Å². The smallest absolute Gasteiger partial charge is 0.273 e. The van der Waals surface area contributed by atoms with Crippen LogP contribution in [0.3, 0.4) is 0 Å². The summed E-state index contributed by atoms with van der Waals surface area (Å²) < 4.78 is 13.4. The van der Waals surface area contributed by atoms with Crippen LogP contribution in [0.2, 0.25) is 0 Å². The van der Waals surface area contributed by atoms with E-state index >= 15 is 0 Å². The summed E-state index contributed by atoms with van der Waals surface area (Å²) in [5.41, 5.74) is 5.97. The van der Waals surface area contributed by atoms with E-state index in [1.165, 1.54) is 12.4 Å². The number of nitrogens with zero attached hydrogens (tertiary/aromatic N) is 3. The fourth-order valence-electron chi connectivity index (χ4n) is 1.77. The third-order valence-corrected chi connectivity index (χ3v) is 2.74. The molecule has 1 aromatic heterocycles. The second kappa shape index (κ2) is 5.79. The van der Waals surface area contributed by atoms with E-state index in [1.54, 1.807) is 12.1 Å². The van der Waals surface area contributed by atoms with Crippen LogP contribution in [0.15, 0.2) is 42.7 Å². The second-order valence-electron chi connectivity index (χ2n) is 4.10. The third kappa shape index (κ3) is 3.01. The van der Waals surface area contributed by atoms with Crippen LogP contribution in [-0.2, 0) is 0 Å². The molecule has 0 aliphatic heterocycles. The molecule has 1 aromatic carbocycles. The Morgan fingerprint density at radius 1 is 1.38 bits per heavy atom. The van der Waals surface area contributed by atoms with Crippen molar-refractivity contribution >= 4 is 17.0 Å². The minimum Gasteiger partial charge on any atom is -0.397 e. The molecule has 21 heavy (non-hydrogen) atoms. The molecule has 0 fully saturated rings. The maximum atomic E-state index is 13.4. The zero-order chi connectivity index (χ0) is 15.4. The number of nitro benzene ring substituents is 1. The number of hydrogen-bond acceptors (Lipinski definition) is 5. The molecule has 0 saturated heterocycles. The Hall–Kier alpha value is -3.27. The predicted molar refractivity (Wildman–Crippen MR) is 73.9 cm³/mol. The monoisotopic (exact) mass is 284 g/mol. The fourth-order valence-corrected chi connectivity index (χ4v) is 1.77. The van der Waals surface area contributed by atoms with Gasteiger partial charge in [0, 0.05) is 29.6 Å². The van der Waals surface area contributed by atoms with E-state index in [9.17, 15) is 19.8 Å². The molecule has 0 bridgehead atoms. The number of nitro groups is 1. The summed E-state index contributed by atoms with van der Waals surface area (Å²) in [6.07, 6.45) is 2.96. The molecule has 1 heterocycles. The highest BCUT2D eigenvalue weighted by atomic mass is 19.1. The first-order valence-corrected chi connectivity index (χ1v) is 5.78. The van der Waals surface area contributed by atoms with Gasteiger partial charge in [-0.15, -0.1) is 0 Å². The van der Waals surface area contributed by atoms with Crippen molar-refractivity contribution in [2.24, 2.45) is 5.73 Å². The maximum absolute atomic E-state index is 13.4. The summed E-state index contributed by atoms with van der Waals surface area (Å²) in [6, 6.07) is 8.08. The van der Waals surface area contributed by atoms with Crippen LogP contribution >= 0.6 is 0 Å². The average molecular weight is 284 g/mol. The number of pyridine rings is 1. The van der Waals surface area contributed by atoms with Gasteiger partial charge in [0.25, 0.3) is 5.69 Å². The molecule has 0 radical (unpaired) electrons. The highest BCUT2D eigenvalue weighted by molar-refractivity contribution is 5.96. The minimum absolute atomic E-state index is 0.0481. The number of nitrogens with two attached hydrogens (primary N) is 1. The SMILES string of the molecule is N#C/C(=C(/N)c1cc(F)cc([N+](=O)[O-])c1)c1cccnc1. The first kappa shape index (κ1) is 14.1. The van der Waals surface area contributed by atoms with Crippen LogP contribution < -0.4 is 5.73 Å². The second-order valence-corrected chi connectivity index (χ2v) is 4.10. The lowest BCUT2D eigenvalue weighted by Gasteiger charge is -2.06. The van der Waals surface area contributed by atoms with Crippen LogP contribution in [0.1, 0.15) is 11.1 Å². The normalized spacial score (nSPS) is 11.4. The molecule has 7 heteroatoms. The largest absolute Gasteiger partial charge is 0.397 e. The molecule has 2 N–H and O–H groups in total. The Kier molecular flexibility index (Phi) is 3.90.